The Kier molecular flexibility index (Phi) is 5.36. The molecular formula is C11H19NO3. The largest absolute Gasteiger partial charge is 0.463 e. The predicted molar refractivity (Wildman–Crippen MR) is 57.6 cm³/mol. The van der Waals surface area contributed by atoms with E-state index in [4.69, 9.17) is 9.47 Å². The summed E-state index contributed by atoms with van der Waals surface area (Å²) in [6.45, 7) is 8.89. The molecule has 1 atom stereocenters. The third-order valence-electron chi connectivity index (χ3n) is 2.36. The van der Waals surface area contributed by atoms with Gasteiger partial charge in [-0.2, -0.15) is 0 Å². The van der Waals surface area contributed by atoms with Gasteiger partial charge in [-0.3, -0.25) is 0 Å². The summed E-state index contributed by atoms with van der Waals surface area (Å²) >= 11 is 0. The standard InChI is InChI=1S/C11H19NO3/c1-3-15-11(13)9(2)6-12-7-10-4-5-14-8-10/h10,12H,2-8H2,1H3. The van der Waals surface area contributed by atoms with Crippen LogP contribution in [0, 0.1) is 5.92 Å². The van der Waals surface area contributed by atoms with Gasteiger partial charge in [0.15, 0.2) is 0 Å². The lowest BCUT2D eigenvalue weighted by Gasteiger charge is -2.10. The van der Waals surface area contributed by atoms with E-state index in [2.05, 4.69) is 11.9 Å². The van der Waals surface area contributed by atoms with Gasteiger partial charge >= 0.3 is 5.97 Å². The van der Waals surface area contributed by atoms with E-state index in [9.17, 15) is 4.79 Å². The van der Waals surface area contributed by atoms with Gasteiger partial charge in [0, 0.05) is 25.3 Å². The molecule has 0 aliphatic carbocycles. The number of esters is 1. The first-order valence-electron chi connectivity index (χ1n) is 5.37. The fraction of sp³-hybridized carbons (Fsp3) is 0.727. The van der Waals surface area contributed by atoms with Crippen LogP contribution < -0.4 is 5.32 Å². The summed E-state index contributed by atoms with van der Waals surface area (Å²) in [5, 5.41) is 3.19. The molecule has 4 heteroatoms. The molecule has 1 unspecified atom stereocenters. The second-order valence-corrected chi connectivity index (χ2v) is 3.68. The van der Waals surface area contributed by atoms with E-state index < -0.39 is 0 Å². The normalized spacial score (nSPS) is 20.2. The van der Waals surface area contributed by atoms with E-state index >= 15 is 0 Å². The molecule has 0 radical (unpaired) electrons. The summed E-state index contributed by atoms with van der Waals surface area (Å²) in [5.41, 5.74) is 0.482. The van der Waals surface area contributed by atoms with Gasteiger partial charge in [0.05, 0.1) is 13.2 Å². The molecule has 4 nitrogen and oxygen atoms in total. The monoisotopic (exact) mass is 213 g/mol. The average molecular weight is 213 g/mol. The minimum atomic E-state index is -0.312. The molecule has 0 aromatic heterocycles. The van der Waals surface area contributed by atoms with Crippen LogP contribution in [-0.2, 0) is 14.3 Å². The molecule has 0 amide bonds. The van der Waals surface area contributed by atoms with Gasteiger partial charge in [0.2, 0.25) is 0 Å². The van der Waals surface area contributed by atoms with Crippen molar-refractivity contribution in [3.8, 4) is 0 Å². The van der Waals surface area contributed by atoms with Gasteiger partial charge in [-0.25, -0.2) is 4.79 Å². The van der Waals surface area contributed by atoms with Crippen molar-refractivity contribution in [1.29, 1.82) is 0 Å². The second-order valence-electron chi connectivity index (χ2n) is 3.68. The number of rotatable bonds is 6. The lowest BCUT2D eigenvalue weighted by Crippen LogP contribution is -2.27. The van der Waals surface area contributed by atoms with E-state index in [0.29, 0.717) is 24.6 Å². The number of hydrogen-bond acceptors (Lipinski definition) is 4. The SMILES string of the molecule is C=C(CNCC1CCOC1)C(=O)OCC. The van der Waals surface area contributed by atoms with Crippen molar-refractivity contribution in [2.45, 2.75) is 13.3 Å². The fourth-order valence-electron chi connectivity index (χ4n) is 1.48. The van der Waals surface area contributed by atoms with Gasteiger partial charge < -0.3 is 14.8 Å². The summed E-state index contributed by atoms with van der Waals surface area (Å²) in [5.74, 6) is 0.257. The van der Waals surface area contributed by atoms with Crippen molar-refractivity contribution in [1.82, 2.24) is 5.32 Å². The Balaban J connectivity index is 2.08. The Labute approximate surface area is 90.6 Å². The smallest absolute Gasteiger partial charge is 0.334 e. The zero-order chi connectivity index (χ0) is 11.1. The molecule has 1 aliphatic heterocycles. The zero-order valence-electron chi connectivity index (χ0n) is 9.25. The maximum Gasteiger partial charge on any atom is 0.334 e. The van der Waals surface area contributed by atoms with Crippen LogP contribution in [0.4, 0.5) is 0 Å². The van der Waals surface area contributed by atoms with Crippen molar-refractivity contribution < 1.29 is 14.3 Å². The molecule has 0 spiro atoms. The first kappa shape index (κ1) is 12.2. The van der Waals surface area contributed by atoms with E-state index in [1.807, 2.05) is 0 Å². The fourth-order valence-corrected chi connectivity index (χ4v) is 1.48. The minimum absolute atomic E-state index is 0.312. The minimum Gasteiger partial charge on any atom is -0.463 e. The zero-order valence-corrected chi connectivity index (χ0v) is 9.25. The quantitative estimate of drug-likeness (QED) is 0.522. The molecule has 1 heterocycles. The maximum atomic E-state index is 11.2. The van der Waals surface area contributed by atoms with Gasteiger partial charge in [-0.05, 0) is 19.3 Å². The molecule has 86 valence electrons. The molecule has 15 heavy (non-hydrogen) atoms. The number of hydrogen-bond donors (Lipinski definition) is 1. The Morgan fingerprint density at radius 1 is 1.67 bits per heavy atom. The van der Waals surface area contributed by atoms with Crippen molar-refractivity contribution in [3.05, 3.63) is 12.2 Å². The van der Waals surface area contributed by atoms with E-state index in [1.54, 1.807) is 6.92 Å². The van der Waals surface area contributed by atoms with Crippen LogP contribution in [0.25, 0.3) is 0 Å². The summed E-state index contributed by atoms with van der Waals surface area (Å²) in [6.07, 6.45) is 1.10. The molecule has 1 saturated heterocycles. The van der Waals surface area contributed by atoms with Gasteiger partial charge in [0.1, 0.15) is 0 Å². The highest BCUT2D eigenvalue weighted by atomic mass is 16.5. The average Bonchev–Trinajstić information content (AvgIpc) is 2.71. The Bertz CT molecular complexity index is 222. The predicted octanol–water partition coefficient (Wildman–Crippen LogP) is 0.732. The molecule has 1 aliphatic rings. The highest BCUT2D eigenvalue weighted by Crippen LogP contribution is 2.10. The molecule has 1 fully saturated rings. The molecule has 0 bridgehead atoms. The van der Waals surface area contributed by atoms with Gasteiger partial charge in [-0.1, -0.05) is 6.58 Å². The van der Waals surface area contributed by atoms with Crippen LogP contribution >= 0.6 is 0 Å². The second kappa shape index (κ2) is 6.58. The van der Waals surface area contributed by atoms with Crippen LogP contribution in [0.1, 0.15) is 13.3 Å². The number of carbonyl (C=O) groups is 1. The third-order valence-corrected chi connectivity index (χ3v) is 2.36. The molecule has 1 N–H and O–H groups in total. The summed E-state index contributed by atoms with van der Waals surface area (Å²) in [6, 6.07) is 0. The Hall–Kier alpha value is -0.870. The van der Waals surface area contributed by atoms with Crippen LogP contribution in [0.15, 0.2) is 12.2 Å². The molecular weight excluding hydrogens is 194 g/mol. The summed E-state index contributed by atoms with van der Waals surface area (Å²) in [7, 11) is 0. The molecule has 0 aromatic rings. The number of carbonyl (C=O) groups excluding carboxylic acids is 1. The molecule has 0 aromatic carbocycles. The number of nitrogens with one attached hydrogen (secondary N) is 1. The molecule has 0 saturated carbocycles. The maximum absolute atomic E-state index is 11.2. The summed E-state index contributed by atoms with van der Waals surface area (Å²) < 4.78 is 10.1. The van der Waals surface area contributed by atoms with E-state index in [-0.39, 0.29) is 5.97 Å². The summed E-state index contributed by atoms with van der Waals surface area (Å²) in [4.78, 5) is 11.2. The Morgan fingerprint density at radius 3 is 3.07 bits per heavy atom. The van der Waals surface area contributed by atoms with Crippen molar-refractivity contribution in [3.63, 3.8) is 0 Å². The van der Waals surface area contributed by atoms with Crippen molar-refractivity contribution >= 4 is 5.97 Å². The lowest BCUT2D eigenvalue weighted by atomic mass is 10.1. The van der Waals surface area contributed by atoms with Gasteiger partial charge in [-0.15, -0.1) is 0 Å². The lowest BCUT2D eigenvalue weighted by molar-refractivity contribution is -0.138. The number of ether oxygens (including phenoxy) is 2. The van der Waals surface area contributed by atoms with E-state index in [0.717, 1.165) is 26.2 Å². The first-order chi connectivity index (χ1) is 7.24. The van der Waals surface area contributed by atoms with Crippen LogP contribution in [-0.4, -0.2) is 38.9 Å². The van der Waals surface area contributed by atoms with E-state index in [1.165, 1.54) is 0 Å². The Morgan fingerprint density at radius 2 is 2.47 bits per heavy atom. The first-order valence-corrected chi connectivity index (χ1v) is 5.37. The van der Waals surface area contributed by atoms with Crippen LogP contribution in [0.3, 0.4) is 0 Å². The van der Waals surface area contributed by atoms with Crippen molar-refractivity contribution in [2.75, 3.05) is 32.9 Å². The van der Waals surface area contributed by atoms with Gasteiger partial charge in [0.25, 0.3) is 0 Å². The highest BCUT2D eigenvalue weighted by Gasteiger charge is 2.15. The topological polar surface area (TPSA) is 47.6 Å². The third kappa shape index (κ3) is 4.44. The highest BCUT2D eigenvalue weighted by molar-refractivity contribution is 5.88. The van der Waals surface area contributed by atoms with Crippen molar-refractivity contribution in [2.24, 2.45) is 5.92 Å². The molecule has 1 rings (SSSR count). The van der Waals surface area contributed by atoms with Crippen LogP contribution in [0.5, 0.6) is 0 Å². The van der Waals surface area contributed by atoms with Crippen LogP contribution in [0.2, 0.25) is 0 Å².